The first-order valence-electron chi connectivity index (χ1n) is 9.89. The van der Waals surface area contributed by atoms with Crippen molar-refractivity contribution in [1.82, 2.24) is 9.55 Å². The molecule has 1 aliphatic rings. The van der Waals surface area contributed by atoms with Crippen molar-refractivity contribution in [2.24, 2.45) is 0 Å². The Morgan fingerprint density at radius 2 is 2.03 bits per heavy atom. The van der Waals surface area contributed by atoms with Crippen LogP contribution in [0.15, 0.2) is 35.3 Å². The van der Waals surface area contributed by atoms with Crippen molar-refractivity contribution in [3.63, 3.8) is 0 Å². The normalized spacial score (nSPS) is 13.7. The Morgan fingerprint density at radius 1 is 1.28 bits per heavy atom. The van der Waals surface area contributed by atoms with E-state index in [0.717, 1.165) is 40.7 Å². The third-order valence-electron chi connectivity index (χ3n) is 5.36. The molecule has 4 rings (SSSR count). The van der Waals surface area contributed by atoms with Crippen molar-refractivity contribution in [1.29, 1.82) is 0 Å². The second-order valence-corrected chi connectivity index (χ2v) is 7.51. The van der Waals surface area contributed by atoms with Gasteiger partial charge in [-0.2, -0.15) is 0 Å². The number of benzene rings is 1. The molecule has 3 aromatic rings. The molecule has 2 heterocycles. The second-order valence-electron chi connectivity index (χ2n) is 7.51. The lowest BCUT2D eigenvalue weighted by atomic mass is 9.96. The van der Waals surface area contributed by atoms with E-state index in [1.165, 1.54) is 0 Å². The van der Waals surface area contributed by atoms with Crippen LogP contribution in [0.2, 0.25) is 0 Å². The van der Waals surface area contributed by atoms with Crippen LogP contribution >= 0.6 is 0 Å². The van der Waals surface area contributed by atoms with Crippen molar-refractivity contribution < 1.29 is 14.6 Å². The Kier molecular flexibility index (Phi) is 4.96. The molecule has 1 fully saturated rings. The maximum absolute atomic E-state index is 13.0. The van der Waals surface area contributed by atoms with Gasteiger partial charge in [0.05, 0.1) is 24.4 Å². The molecule has 1 N–H and O–H groups in total. The topological polar surface area (TPSA) is 81.4 Å². The van der Waals surface area contributed by atoms with Gasteiger partial charge < -0.3 is 14.4 Å². The van der Waals surface area contributed by atoms with Crippen molar-refractivity contribution in [2.75, 3.05) is 6.61 Å². The Morgan fingerprint density at radius 3 is 2.69 bits per heavy atom. The monoisotopic (exact) mass is 392 g/mol. The van der Waals surface area contributed by atoms with Crippen molar-refractivity contribution in [3.05, 3.63) is 63.2 Å². The minimum Gasteiger partial charge on any atom is -0.462 e. The number of rotatable bonds is 5. The van der Waals surface area contributed by atoms with Crippen LogP contribution in [0, 0.1) is 13.8 Å². The molecule has 0 saturated heterocycles. The van der Waals surface area contributed by atoms with Crippen molar-refractivity contribution in [2.45, 2.75) is 46.3 Å². The summed E-state index contributed by atoms with van der Waals surface area (Å²) in [6.07, 6.45) is 3.70. The summed E-state index contributed by atoms with van der Waals surface area (Å²) in [5.74, 6) is -0.576. The number of carbonyl (C=O) groups excluding carboxylic acids is 1. The summed E-state index contributed by atoms with van der Waals surface area (Å²) >= 11 is 0. The number of pyridine rings is 2. The van der Waals surface area contributed by atoms with Gasteiger partial charge in [0.15, 0.2) is 0 Å². The number of carbonyl (C=O) groups is 1. The predicted octanol–water partition coefficient (Wildman–Crippen LogP) is 3.68. The van der Waals surface area contributed by atoms with Crippen molar-refractivity contribution >= 4 is 16.9 Å². The zero-order valence-corrected chi connectivity index (χ0v) is 16.9. The summed E-state index contributed by atoms with van der Waals surface area (Å²) in [5, 5.41) is 10.0. The molecule has 2 aromatic heterocycles. The second kappa shape index (κ2) is 7.44. The van der Waals surface area contributed by atoms with E-state index in [1.807, 2.05) is 32.0 Å². The number of hydrogen-bond donors (Lipinski definition) is 1. The first kappa shape index (κ1) is 19.3. The van der Waals surface area contributed by atoms with Crippen LogP contribution in [-0.2, 0) is 11.3 Å². The fraction of sp³-hybridized carbons (Fsp3) is 0.348. The Balaban J connectivity index is 1.98. The van der Waals surface area contributed by atoms with E-state index in [2.05, 4.69) is 9.55 Å². The van der Waals surface area contributed by atoms with Crippen LogP contribution in [0.5, 0.6) is 0 Å². The van der Waals surface area contributed by atoms with Gasteiger partial charge in [-0.3, -0.25) is 9.78 Å². The number of aryl methyl sites for hydroxylation is 2. The lowest BCUT2D eigenvalue weighted by Gasteiger charge is -2.17. The van der Waals surface area contributed by atoms with Crippen LogP contribution in [-0.4, -0.2) is 27.2 Å². The maximum Gasteiger partial charge on any atom is 0.343 e. The molecule has 6 heteroatoms. The molecule has 0 amide bonds. The van der Waals surface area contributed by atoms with E-state index in [-0.39, 0.29) is 30.2 Å². The van der Waals surface area contributed by atoms with E-state index < -0.39 is 5.97 Å². The molecular formula is C23H24N2O4. The average Bonchev–Trinajstić information content (AvgIpc) is 3.53. The standard InChI is InChI=1S/C23H24N2O4/c1-4-29-23(28)20-11-25(17-5-6-17)21-14(3)18(7-8-19(21)22(20)27)15-9-13(2)24-16(10-15)12-26/h7-11,17,26H,4-6,12H2,1-3H3. The molecule has 1 saturated carbocycles. The maximum atomic E-state index is 13.0. The van der Waals surface area contributed by atoms with Gasteiger partial charge >= 0.3 is 5.97 Å². The summed E-state index contributed by atoms with van der Waals surface area (Å²) in [6, 6.07) is 7.82. The minimum absolute atomic E-state index is 0.0840. The molecule has 0 bridgehead atoms. The lowest BCUT2D eigenvalue weighted by Crippen LogP contribution is -2.21. The highest BCUT2D eigenvalue weighted by Gasteiger charge is 2.28. The number of aromatic nitrogens is 2. The molecule has 150 valence electrons. The number of esters is 1. The molecule has 0 spiro atoms. The van der Waals surface area contributed by atoms with E-state index >= 15 is 0 Å². The smallest absolute Gasteiger partial charge is 0.343 e. The largest absolute Gasteiger partial charge is 0.462 e. The number of hydrogen-bond acceptors (Lipinski definition) is 5. The quantitative estimate of drug-likeness (QED) is 0.670. The number of fused-ring (bicyclic) bond motifs is 1. The minimum atomic E-state index is -0.576. The highest BCUT2D eigenvalue weighted by atomic mass is 16.5. The molecule has 1 aromatic carbocycles. The summed E-state index contributed by atoms with van der Waals surface area (Å²) in [4.78, 5) is 29.7. The average molecular weight is 392 g/mol. The fourth-order valence-electron chi connectivity index (χ4n) is 3.90. The fourth-order valence-corrected chi connectivity index (χ4v) is 3.90. The number of ether oxygens (including phenoxy) is 1. The SMILES string of the molecule is CCOC(=O)c1cn(C2CC2)c2c(C)c(-c3cc(C)nc(CO)c3)ccc2c1=O. The van der Waals surface area contributed by atoms with Gasteiger partial charge in [-0.1, -0.05) is 6.07 Å². The number of nitrogens with zero attached hydrogens (tertiary/aromatic N) is 2. The van der Waals surface area contributed by atoms with E-state index in [1.54, 1.807) is 19.2 Å². The molecule has 0 aliphatic heterocycles. The third kappa shape index (κ3) is 3.44. The van der Waals surface area contributed by atoms with Crippen LogP contribution < -0.4 is 5.43 Å². The van der Waals surface area contributed by atoms with Gasteiger partial charge in [0.2, 0.25) is 5.43 Å². The summed E-state index contributed by atoms with van der Waals surface area (Å²) in [6.45, 7) is 5.72. The van der Waals surface area contributed by atoms with E-state index in [9.17, 15) is 14.7 Å². The Labute approximate surface area is 168 Å². The van der Waals surface area contributed by atoms with Crippen molar-refractivity contribution in [3.8, 4) is 11.1 Å². The van der Waals surface area contributed by atoms with Gasteiger partial charge in [-0.05, 0) is 68.5 Å². The first-order valence-corrected chi connectivity index (χ1v) is 9.89. The van der Waals surface area contributed by atoms with Gasteiger partial charge in [0.25, 0.3) is 0 Å². The van der Waals surface area contributed by atoms with Crippen LogP contribution in [0.1, 0.15) is 53.1 Å². The van der Waals surface area contributed by atoms with Gasteiger partial charge in [-0.25, -0.2) is 4.79 Å². The summed E-state index contributed by atoms with van der Waals surface area (Å²) in [5.41, 5.74) is 4.97. The van der Waals surface area contributed by atoms with E-state index in [0.29, 0.717) is 11.1 Å². The lowest BCUT2D eigenvalue weighted by molar-refractivity contribution is 0.0524. The van der Waals surface area contributed by atoms with Gasteiger partial charge in [0.1, 0.15) is 5.56 Å². The predicted molar refractivity (Wildman–Crippen MR) is 111 cm³/mol. The molecule has 6 nitrogen and oxygen atoms in total. The Hall–Kier alpha value is -2.99. The van der Waals surface area contributed by atoms with Gasteiger partial charge in [0, 0.05) is 23.3 Å². The summed E-state index contributed by atoms with van der Waals surface area (Å²) < 4.78 is 7.15. The summed E-state index contributed by atoms with van der Waals surface area (Å²) in [7, 11) is 0. The van der Waals surface area contributed by atoms with E-state index in [4.69, 9.17) is 4.74 Å². The zero-order valence-electron chi connectivity index (χ0n) is 16.9. The highest BCUT2D eigenvalue weighted by Crippen LogP contribution is 2.39. The highest BCUT2D eigenvalue weighted by molar-refractivity contribution is 5.96. The van der Waals surface area contributed by atoms with Gasteiger partial charge in [-0.15, -0.1) is 0 Å². The third-order valence-corrected chi connectivity index (χ3v) is 5.36. The molecule has 0 atom stereocenters. The first-order chi connectivity index (χ1) is 13.9. The number of aliphatic hydroxyl groups is 1. The molecule has 29 heavy (non-hydrogen) atoms. The molecular weight excluding hydrogens is 368 g/mol. The molecule has 0 unspecified atom stereocenters. The molecule has 0 radical (unpaired) electrons. The zero-order chi connectivity index (χ0) is 20.7. The molecule has 1 aliphatic carbocycles. The van der Waals surface area contributed by atoms with Crippen LogP contribution in [0.4, 0.5) is 0 Å². The number of aliphatic hydroxyl groups excluding tert-OH is 1. The van der Waals surface area contributed by atoms with Crippen LogP contribution in [0.3, 0.4) is 0 Å². The van der Waals surface area contributed by atoms with Crippen LogP contribution in [0.25, 0.3) is 22.0 Å². The Bertz CT molecular complexity index is 1180.